The van der Waals surface area contributed by atoms with Crippen molar-refractivity contribution in [2.75, 3.05) is 5.32 Å². The minimum absolute atomic E-state index is 0.0122. The molecular formula is C30H19Cl3F3N9O2. The molecular weight excluding hydrogens is 682 g/mol. The Kier molecular flexibility index (Phi) is 8.82. The van der Waals surface area contributed by atoms with Crippen LogP contribution < -0.4 is 10.6 Å². The van der Waals surface area contributed by atoms with E-state index in [0.29, 0.717) is 20.6 Å². The Hall–Kier alpha value is -5.05. The van der Waals surface area contributed by atoms with Crippen LogP contribution in [-0.2, 0) is 19.3 Å². The number of hydrogen-bond donors (Lipinski definition) is 2. The number of rotatable bonds is 8. The van der Waals surface area contributed by atoms with Crippen molar-refractivity contribution in [1.29, 1.82) is 0 Å². The zero-order valence-corrected chi connectivity index (χ0v) is 25.9. The Balaban J connectivity index is 1.37. The van der Waals surface area contributed by atoms with Crippen LogP contribution in [0.4, 0.5) is 18.9 Å². The van der Waals surface area contributed by atoms with Crippen LogP contribution in [0, 0.1) is 0 Å². The predicted octanol–water partition coefficient (Wildman–Crippen LogP) is 6.62. The lowest BCUT2D eigenvalue weighted by Gasteiger charge is -2.16. The lowest BCUT2D eigenvalue weighted by Crippen LogP contribution is -2.26. The van der Waals surface area contributed by atoms with E-state index in [4.69, 9.17) is 34.8 Å². The number of hydrogen-bond acceptors (Lipinski definition) is 7. The van der Waals surface area contributed by atoms with E-state index in [1.54, 1.807) is 60.7 Å². The summed E-state index contributed by atoms with van der Waals surface area (Å²) < 4.78 is 40.2. The van der Waals surface area contributed by atoms with Gasteiger partial charge in [-0.25, -0.2) is 9.67 Å². The number of anilines is 1. The topological polar surface area (TPSA) is 133 Å². The van der Waals surface area contributed by atoms with Gasteiger partial charge in [0.15, 0.2) is 5.82 Å². The van der Waals surface area contributed by atoms with Gasteiger partial charge in [0.1, 0.15) is 12.2 Å². The van der Waals surface area contributed by atoms with Gasteiger partial charge in [0.2, 0.25) is 0 Å². The minimum Gasteiger partial charge on any atom is -0.348 e. The van der Waals surface area contributed by atoms with Gasteiger partial charge in [-0.1, -0.05) is 71.2 Å². The number of tetrazole rings is 1. The molecule has 2 amide bonds. The van der Waals surface area contributed by atoms with Crippen molar-refractivity contribution in [1.82, 2.24) is 40.3 Å². The molecule has 0 atom stereocenters. The predicted molar refractivity (Wildman–Crippen MR) is 168 cm³/mol. The average molecular weight is 701 g/mol. The first-order valence-corrected chi connectivity index (χ1v) is 14.7. The van der Waals surface area contributed by atoms with Crippen LogP contribution in [0.1, 0.15) is 37.9 Å². The fourth-order valence-electron chi connectivity index (χ4n) is 4.59. The zero-order chi connectivity index (χ0) is 33.3. The van der Waals surface area contributed by atoms with Crippen molar-refractivity contribution in [2.24, 2.45) is 0 Å². The van der Waals surface area contributed by atoms with Crippen LogP contribution in [0.15, 0.2) is 79.0 Å². The Bertz CT molecular complexity index is 2130. The average Bonchev–Trinajstić information content (AvgIpc) is 3.70. The highest BCUT2D eigenvalue weighted by Gasteiger charge is 2.37. The van der Waals surface area contributed by atoms with E-state index in [-0.39, 0.29) is 51.6 Å². The maximum Gasteiger partial charge on any atom is 0.455 e. The monoisotopic (exact) mass is 699 g/mol. The second kappa shape index (κ2) is 13.0. The number of pyridine rings is 1. The molecule has 0 saturated carbocycles. The molecule has 6 aromatic rings. The van der Waals surface area contributed by atoms with Gasteiger partial charge < -0.3 is 10.6 Å². The van der Waals surface area contributed by atoms with Gasteiger partial charge in [-0.05, 0) is 52.6 Å². The van der Waals surface area contributed by atoms with Crippen molar-refractivity contribution < 1.29 is 22.8 Å². The number of nitrogens with zero attached hydrogens (tertiary/aromatic N) is 7. The fourth-order valence-corrected chi connectivity index (χ4v) is 5.24. The number of carbonyl (C=O) groups excluding carboxylic acids is 2. The summed E-state index contributed by atoms with van der Waals surface area (Å²) >= 11 is 19.1. The summed E-state index contributed by atoms with van der Waals surface area (Å²) in [5, 5.41) is 21.7. The summed E-state index contributed by atoms with van der Waals surface area (Å²) in [6.07, 6.45) is -3.38. The summed E-state index contributed by atoms with van der Waals surface area (Å²) in [5.41, 5.74) is 0.818. The molecule has 0 aliphatic rings. The summed E-state index contributed by atoms with van der Waals surface area (Å²) in [6.45, 7) is -0.218. The first-order chi connectivity index (χ1) is 22.5. The number of benzene rings is 3. The largest absolute Gasteiger partial charge is 0.455 e. The van der Waals surface area contributed by atoms with Crippen molar-refractivity contribution in [3.8, 4) is 5.82 Å². The third-order valence-electron chi connectivity index (χ3n) is 6.78. The Morgan fingerprint density at radius 2 is 1.66 bits per heavy atom. The van der Waals surface area contributed by atoms with E-state index >= 15 is 0 Å². The highest BCUT2D eigenvalue weighted by Crippen LogP contribution is 2.35. The molecule has 238 valence electrons. The normalized spacial score (nSPS) is 11.5. The van der Waals surface area contributed by atoms with E-state index in [0.717, 1.165) is 10.2 Å². The number of aromatic nitrogens is 7. The molecule has 47 heavy (non-hydrogen) atoms. The Morgan fingerprint density at radius 1 is 0.894 bits per heavy atom. The first-order valence-electron chi connectivity index (χ1n) is 13.6. The van der Waals surface area contributed by atoms with Gasteiger partial charge in [0.25, 0.3) is 17.6 Å². The lowest BCUT2D eigenvalue weighted by atomic mass is 10.0. The third kappa shape index (κ3) is 6.89. The van der Waals surface area contributed by atoms with E-state index in [1.165, 1.54) is 18.3 Å². The number of carbonyl (C=O) groups is 2. The zero-order valence-electron chi connectivity index (χ0n) is 23.6. The fraction of sp³-hybridized carbons (Fsp3) is 0.100. The van der Waals surface area contributed by atoms with E-state index in [1.807, 2.05) is 0 Å². The Morgan fingerprint density at radius 3 is 2.38 bits per heavy atom. The molecule has 6 rings (SSSR count). The molecule has 0 bridgehead atoms. The number of fused-ring (bicyclic) bond motifs is 1. The summed E-state index contributed by atoms with van der Waals surface area (Å²) in [5.74, 6) is -2.69. The maximum atomic E-state index is 14.0. The molecule has 0 aliphatic heterocycles. The molecule has 2 N–H and O–H groups in total. The van der Waals surface area contributed by atoms with E-state index in [9.17, 15) is 22.8 Å². The van der Waals surface area contributed by atoms with Gasteiger partial charge in [0, 0.05) is 23.2 Å². The summed E-state index contributed by atoms with van der Waals surface area (Å²) in [4.78, 5) is 32.4. The van der Waals surface area contributed by atoms with Crippen LogP contribution >= 0.6 is 34.8 Å². The maximum absolute atomic E-state index is 14.0. The van der Waals surface area contributed by atoms with Crippen LogP contribution in [0.5, 0.6) is 0 Å². The third-order valence-corrected chi connectivity index (χ3v) is 7.72. The highest BCUT2D eigenvalue weighted by molar-refractivity contribution is 6.40. The van der Waals surface area contributed by atoms with Gasteiger partial charge in [-0.3, -0.25) is 9.59 Å². The van der Waals surface area contributed by atoms with Crippen LogP contribution in [0.3, 0.4) is 0 Å². The summed E-state index contributed by atoms with van der Waals surface area (Å²) in [7, 11) is 0. The van der Waals surface area contributed by atoms with Crippen LogP contribution in [-0.4, -0.2) is 46.8 Å². The van der Waals surface area contributed by atoms with E-state index in [2.05, 4.69) is 36.1 Å². The minimum atomic E-state index is -4.80. The molecule has 0 fully saturated rings. The van der Waals surface area contributed by atoms with Gasteiger partial charge in [-0.2, -0.15) is 23.1 Å². The molecule has 0 radical (unpaired) electrons. The number of alkyl halides is 3. The van der Waals surface area contributed by atoms with Crippen molar-refractivity contribution in [3.05, 3.63) is 122 Å². The second-order valence-corrected chi connectivity index (χ2v) is 11.2. The van der Waals surface area contributed by atoms with Crippen LogP contribution in [0.2, 0.25) is 15.1 Å². The summed E-state index contributed by atoms with van der Waals surface area (Å²) in [6, 6.07) is 19.9. The molecule has 0 aliphatic carbocycles. The van der Waals surface area contributed by atoms with Gasteiger partial charge in [-0.15, -0.1) is 10.2 Å². The van der Waals surface area contributed by atoms with Gasteiger partial charge >= 0.3 is 6.18 Å². The quantitative estimate of drug-likeness (QED) is 0.183. The van der Waals surface area contributed by atoms with Crippen LogP contribution in [0.25, 0.3) is 16.6 Å². The van der Waals surface area contributed by atoms with Crippen molar-refractivity contribution >= 4 is 63.1 Å². The lowest BCUT2D eigenvalue weighted by molar-refractivity contribution is -0.145. The number of halogens is 6. The SMILES string of the molecule is O=C(NCc1ccc(Cl)cc1)c1cc2ccccc2c(Cl)c1NC(=O)c1cc(Cn2nnc(C(F)(F)F)n2)nn1-c1ncccc1Cl. The highest BCUT2D eigenvalue weighted by atomic mass is 35.5. The van der Waals surface area contributed by atoms with Gasteiger partial charge in [0.05, 0.1) is 27.0 Å². The van der Waals surface area contributed by atoms with Crippen molar-refractivity contribution in [3.63, 3.8) is 0 Å². The van der Waals surface area contributed by atoms with Crippen molar-refractivity contribution in [2.45, 2.75) is 19.3 Å². The Labute approximate surface area is 278 Å². The second-order valence-electron chi connectivity index (χ2n) is 9.98. The molecule has 3 heterocycles. The molecule has 0 unspecified atom stereocenters. The molecule has 11 nitrogen and oxygen atoms in total. The molecule has 3 aromatic carbocycles. The standard InChI is InChI=1S/C30H19Cl3F3N9O2/c31-18-9-7-16(8-10-18)14-38-27(46)21-12-17-4-1-2-5-20(17)24(33)25(21)39-28(47)23-13-19(15-44-42-29(40-43-44)30(34,35)36)41-45(23)26-22(32)6-3-11-37-26/h1-13H,14-15H2,(H,38,46)(H,39,47). The molecule has 0 saturated heterocycles. The number of nitrogens with one attached hydrogen (secondary N) is 2. The number of amides is 2. The first kappa shape index (κ1) is 31.9. The molecule has 17 heteroatoms. The van der Waals surface area contributed by atoms with E-state index < -0.39 is 23.8 Å². The molecule has 0 spiro atoms. The smallest absolute Gasteiger partial charge is 0.348 e. The molecule has 3 aromatic heterocycles.